The van der Waals surface area contributed by atoms with Gasteiger partial charge in [0, 0.05) is 29.4 Å². The van der Waals surface area contributed by atoms with Crippen LogP contribution in [-0.4, -0.2) is 32.1 Å². The van der Waals surface area contributed by atoms with Gasteiger partial charge in [-0.3, -0.25) is 19.0 Å². The highest BCUT2D eigenvalue weighted by Crippen LogP contribution is 2.26. The summed E-state index contributed by atoms with van der Waals surface area (Å²) in [4.78, 5) is 43.9. The fourth-order valence-corrected chi connectivity index (χ4v) is 4.05. The summed E-state index contributed by atoms with van der Waals surface area (Å²) in [6.45, 7) is 1.99. The molecule has 0 saturated heterocycles. The van der Waals surface area contributed by atoms with Gasteiger partial charge in [-0.25, -0.2) is 9.97 Å². The fourth-order valence-electron chi connectivity index (χ4n) is 2.29. The first-order valence-corrected chi connectivity index (χ1v) is 9.03. The van der Waals surface area contributed by atoms with Gasteiger partial charge in [-0.15, -0.1) is 11.3 Å². The Balaban J connectivity index is 1.70. The lowest BCUT2D eigenvalue weighted by Crippen LogP contribution is -2.37. The van der Waals surface area contributed by atoms with E-state index in [9.17, 15) is 14.4 Å². The predicted molar refractivity (Wildman–Crippen MR) is 91.1 cm³/mol. The van der Waals surface area contributed by atoms with Crippen molar-refractivity contribution in [1.82, 2.24) is 14.5 Å². The van der Waals surface area contributed by atoms with Crippen molar-refractivity contribution in [2.24, 2.45) is 11.7 Å². The molecular weight excluding hydrogens is 350 g/mol. The molecule has 3 N–H and O–H groups in total. The van der Waals surface area contributed by atoms with Gasteiger partial charge >= 0.3 is 0 Å². The number of carbonyl (C=O) groups excluding carboxylic acids is 2. The maximum Gasteiger partial charge on any atom is 0.257 e. The Morgan fingerprint density at radius 3 is 3.04 bits per heavy atom. The molecule has 3 heterocycles. The summed E-state index contributed by atoms with van der Waals surface area (Å²) in [5.41, 5.74) is 6.08. The number of nitrogens with zero attached hydrogens (tertiary/aromatic N) is 3. The fraction of sp³-hybridized carbons (Fsp3) is 0.357. The van der Waals surface area contributed by atoms with Crippen LogP contribution in [0.1, 0.15) is 11.3 Å². The van der Waals surface area contributed by atoms with Crippen LogP contribution in [0.3, 0.4) is 0 Å². The summed E-state index contributed by atoms with van der Waals surface area (Å²) >= 11 is 2.62. The molecule has 0 aliphatic carbocycles. The Bertz CT molecular complexity index is 860. The number of hydrogen-bond acceptors (Lipinski definition) is 7. The number of nitrogens with two attached hydrogens (primary N) is 1. The van der Waals surface area contributed by atoms with Crippen molar-refractivity contribution in [3.63, 3.8) is 0 Å². The van der Waals surface area contributed by atoms with E-state index in [4.69, 9.17) is 5.73 Å². The number of hydrogen-bond donors (Lipinski definition) is 2. The number of amides is 2. The third kappa shape index (κ3) is 3.49. The molecule has 2 amide bonds. The van der Waals surface area contributed by atoms with Crippen LogP contribution in [0.2, 0.25) is 0 Å². The van der Waals surface area contributed by atoms with E-state index in [0.29, 0.717) is 33.8 Å². The van der Waals surface area contributed by atoms with Crippen LogP contribution in [0.5, 0.6) is 0 Å². The van der Waals surface area contributed by atoms with Gasteiger partial charge in [0.2, 0.25) is 11.8 Å². The molecule has 0 fully saturated rings. The van der Waals surface area contributed by atoms with E-state index in [-0.39, 0.29) is 23.8 Å². The zero-order chi connectivity index (χ0) is 17.3. The Morgan fingerprint density at radius 1 is 1.50 bits per heavy atom. The second-order valence-electron chi connectivity index (χ2n) is 5.42. The average Bonchev–Trinajstić information content (AvgIpc) is 2.97. The lowest BCUT2D eigenvalue weighted by atomic mass is 10.1. The minimum Gasteiger partial charge on any atom is -0.369 e. The number of anilines is 1. The van der Waals surface area contributed by atoms with Crippen LogP contribution in [0.15, 0.2) is 21.5 Å². The first-order valence-electron chi connectivity index (χ1n) is 7.17. The number of nitrogens with one attached hydrogen (secondary N) is 1. The summed E-state index contributed by atoms with van der Waals surface area (Å²) in [6, 6.07) is 0. The third-order valence-electron chi connectivity index (χ3n) is 3.51. The van der Waals surface area contributed by atoms with E-state index in [2.05, 4.69) is 15.3 Å². The maximum atomic E-state index is 12.4. The number of primary amides is 1. The minimum absolute atomic E-state index is 0.0410. The molecule has 126 valence electrons. The molecule has 0 saturated carbocycles. The molecular formula is C14H15N5O3S2. The number of thioether (sulfide) groups is 1. The topological polar surface area (TPSA) is 120 Å². The van der Waals surface area contributed by atoms with Gasteiger partial charge in [-0.1, -0.05) is 11.8 Å². The molecule has 2 aromatic rings. The molecule has 0 aromatic carbocycles. The predicted octanol–water partition coefficient (Wildman–Crippen LogP) is 0.397. The smallest absolute Gasteiger partial charge is 0.257 e. The van der Waals surface area contributed by atoms with E-state index in [0.717, 1.165) is 0 Å². The van der Waals surface area contributed by atoms with E-state index >= 15 is 0 Å². The number of aromatic nitrogens is 3. The summed E-state index contributed by atoms with van der Waals surface area (Å²) in [6.07, 6.45) is 1.59. The molecule has 8 nitrogen and oxygen atoms in total. The Labute approximate surface area is 145 Å². The average molecular weight is 365 g/mol. The maximum absolute atomic E-state index is 12.4. The lowest BCUT2D eigenvalue weighted by molar-refractivity contribution is -0.120. The molecule has 1 unspecified atom stereocenters. The van der Waals surface area contributed by atoms with E-state index in [1.807, 2.05) is 0 Å². The van der Waals surface area contributed by atoms with E-state index in [1.165, 1.54) is 27.7 Å². The van der Waals surface area contributed by atoms with E-state index < -0.39 is 5.91 Å². The Morgan fingerprint density at radius 2 is 2.29 bits per heavy atom. The lowest BCUT2D eigenvalue weighted by Gasteiger charge is -2.23. The van der Waals surface area contributed by atoms with Gasteiger partial charge in [0.25, 0.3) is 5.56 Å². The largest absolute Gasteiger partial charge is 0.369 e. The molecule has 24 heavy (non-hydrogen) atoms. The van der Waals surface area contributed by atoms with Crippen molar-refractivity contribution >= 4 is 40.0 Å². The molecule has 10 heteroatoms. The number of fused-ring (bicyclic) bond motifs is 1. The van der Waals surface area contributed by atoms with Crippen molar-refractivity contribution in [2.75, 3.05) is 11.1 Å². The first kappa shape index (κ1) is 16.7. The zero-order valence-corrected chi connectivity index (χ0v) is 14.4. The SMILES string of the molecule is Cc1cnc2n(c1=O)CC(C(=O)Nc1nc(CC(N)=O)cs1)CS2. The summed E-state index contributed by atoms with van der Waals surface area (Å²) in [7, 11) is 0. The molecule has 0 radical (unpaired) electrons. The van der Waals surface area contributed by atoms with Gasteiger partial charge in [0.05, 0.1) is 18.0 Å². The molecule has 3 rings (SSSR count). The first-order chi connectivity index (χ1) is 11.4. The minimum atomic E-state index is -0.472. The normalized spacial score (nSPS) is 16.5. The molecule has 1 aliphatic rings. The monoisotopic (exact) mass is 365 g/mol. The van der Waals surface area contributed by atoms with Crippen molar-refractivity contribution in [1.29, 1.82) is 0 Å². The van der Waals surface area contributed by atoms with Gasteiger partial charge in [0.15, 0.2) is 10.3 Å². The van der Waals surface area contributed by atoms with Crippen LogP contribution in [0.25, 0.3) is 0 Å². The zero-order valence-electron chi connectivity index (χ0n) is 12.8. The van der Waals surface area contributed by atoms with Crippen LogP contribution in [0.4, 0.5) is 5.13 Å². The van der Waals surface area contributed by atoms with Crippen molar-refractivity contribution in [3.05, 3.63) is 33.2 Å². The van der Waals surface area contributed by atoms with Crippen LogP contribution in [0, 0.1) is 12.8 Å². The number of thiazole rings is 1. The molecule has 2 aromatic heterocycles. The third-order valence-corrected chi connectivity index (χ3v) is 5.47. The van der Waals surface area contributed by atoms with E-state index in [1.54, 1.807) is 18.5 Å². The standard InChI is InChI=1S/C14H15N5O3S2/c1-7-3-16-14-19(12(7)22)4-8(5-24-14)11(21)18-13-17-9(6-23-13)2-10(15)20/h3,6,8H,2,4-5H2,1H3,(H2,15,20)(H,17,18,21). The van der Waals surface area contributed by atoms with Crippen LogP contribution >= 0.6 is 23.1 Å². The Hall–Kier alpha value is -2.20. The Kier molecular flexibility index (Phi) is 4.67. The number of rotatable bonds is 4. The highest BCUT2D eigenvalue weighted by atomic mass is 32.2. The van der Waals surface area contributed by atoms with Crippen molar-refractivity contribution in [2.45, 2.75) is 25.0 Å². The highest BCUT2D eigenvalue weighted by molar-refractivity contribution is 7.99. The summed E-state index contributed by atoms with van der Waals surface area (Å²) in [5, 5.41) is 5.47. The van der Waals surface area contributed by atoms with Crippen LogP contribution < -0.4 is 16.6 Å². The molecule has 1 atom stereocenters. The van der Waals surface area contributed by atoms with Gasteiger partial charge in [-0.05, 0) is 6.92 Å². The molecule has 0 spiro atoms. The van der Waals surface area contributed by atoms with Gasteiger partial charge in [0.1, 0.15) is 0 Å². The highest BCUT2D eigenvalue weighted by Gasteiger charge is 2.27. The summed E-state index contributed by atoms with van der Waals surface area (Å²) < 4.78 is 1.54. The second-order valence-corrected chi connectivity index (χ2v) is 7.27. The summed E-state index contributed by atoms with van der Waals surface area (Å²) in [5.74, 6) is -0.490. The number of aryl methyl sites for hydroxylation is 1. The molecule has 0 bridgehead atoms. The van der Waals surface area contributed by atoms with Gasteiger partial charge < -0.3 is 11.1 Å². The van der Waals surface area contributed by atoms with Crippen molar-refractivity contribution < 1.29 is 9.59 Å². The van der Waals surface area contributed by atoms with Gasteiger partial charge in [-0.2, -0.15) is 0 Å². The molecule has 1 aliphatic heterocycles. The quantitative estimate of drug-likeness (QED) is 0.757. The van der Waals surface area contributed by atoms with Crippen molar-refractivity contribution in [3.8, 4) is 0 Å². The van der Waals surface area contributed by atoms with Crippen LogP contribution in [-0.2, 0) is 22.6 Å². The number of carbonyl (C=O) groups is 2. The second kappa shape index (κ2) is 6.73.